The highest BCUT2D eigenvalue weighted by Crippen LogP contribution is 2.44. The molecule has 48 heavy (non-hydrogen) atoms. The lowest BCUT2D eigenvalue weighted by Gasteiger charge is -2.18. The SMILES string of the molecule is c1ccc(-c2nc3ccccc3nc2-c2cccc(-c3cccc(-c4c5ccccc5c(-c5cccnc5)c5ccccc45)c3)c2)cc1. The molecule has 0 saturated heterocycles. The van der Waals surface area contributed by atoms with Crippen molar-refractivity contribution in [2.24, 2.45) is 0 Å². The second kappa shape index (κ2) is 11.7. The molecule has 3 heteroatoms. The van der Waals surface area contributed by atoms with Crippen LogP contribution in [0.5, 0.6) is 0 Å². The first-order valence-corrected chi connectivity index (χ1v) is 16.2. The van der Waals surface area contributed by atoms with E-state index in [4.69, 9.17) is 9.97 Å². The quantitative estimate of drug-likeness (QED) is 0.182. The summed E-state index contributed by atoms with van der Waals surface area (Å²) in [6, 6.07) is 57.6. The van der Waals surface area contributed by atoms with Gasteiger partial charge in [0.05, 0.1) is 22.4 Å². The molecule has 0 unspecified atom stereocenters. The Labute approximate surface area is 278 Å². The van der Waals surface area contributed by atoms with Gasteiger partial charge in [0.2, 0.25) is 0 Å². The van der Waals surface area contributed by atoms with Gasteiger partial charge in [0.1, 0.15) is 0 Å². The van der Waals surface area contributed by atoms with Gasteiger partial charge >= 0.3 is 0 Å². The van der Waals surface area contributed by atoms with Crippen LogP contribution in [0.3, 0.4) is 0 Å². The average molecular weight is 612 g/mol. The summed E-state index contributed by atoms with van der Waals surface area (Å²) >= 11 is 0. The van der Waals surface area contributed by atoms with Crippen molar-refractivity contribution in [3.05, 3.63) is 176 Å². The largest absolute Gasteiger partial charge is 0.264 e. The van der Waals surface area contributed by atoms with Gasteiger partial charge in [-0.25, -0.2) is 9.97 Å². The molecular formula is C45H29N3. The second-order valence-electron chi connectivity index (χ2n) is 12.0. The molecule has 0 radical (unpaired) electrons. The van der Waals surface area contributed by atoms with E-state index in [1.807, 2.05) is 48.8 Å². The van der Waals surface area contributed by atoms with E-state index in [1.165, 1.54) is 38.2 Å². The van der Waals surface area contributed by atoms with Gasteiger partial charge in [-0.15, -0.1) is 0 Å². The van der Waals surface area contributed by atoms with E-state index in [-0.39, 0.29) is 0 Å². The average Bonchev–Trinajstić information content (AvgIpc) is 3.17. The Balaban J connectivity index is 1.22. The van der Waals surface area contributed by atoms with Crippen LogP contribution in [0.25, 0.3) is 88.5 Å². The molecule has 0 atom stereocenters. The van der Waals surface area contributed by atoms with Crippen LogP contribution in [0.1, 0.15) is 0 Å². The van der Waals surface area contributed by atoms with Gasteiger partial charge in [-0.3, -0.25) is 4.98 Å². The van der Waals surface area contributed by atoms with Crippen molar-refractivity contribution in [2.45, 2.75) is 0 Å². The lowest BCUT2D eigenvalue weighted by molar-refractivity contribution is 1.29. The van der Waals surface area contributed by atoms with Crippen LogP contribution in [0.4, 0.5) is 0 Å². The summed E-state index contributed by atoms with van der Waals surface area (Å²) < 4.78 is 0. The van der Waals surface area contributed by atoms with Crippen LogP contribution >= 0.6 is 0 Å². The zero-order valence-electron chi connectivity index (χ0n) is 26.1. The highest BCUT2D eigenvalue weighted by atomic mass is 14.8. The van der Waals surface area contributed by atoms with Crippen LogP contribution in [-0.2, 0) is 0 Å². The Morgan fingerprint density at radius 1 is 0.312 bits per heavy atom. The second-order valence-corrected chi connectivity index (χ2v) is 12.0. The third-order valence-electron chi connectivity index (χ3n) is 9.12. The maximum Gasteiger partial charge on any atom is 0.0973 e. The van der Waals surface area contributed by atoms with Gasteiger partial charge in [-0.1, -0.05) is 133 Å². The third-order valence-corrected chi connectivity index (χ3v) is 9.12. The molecule has 0 spiro atoms. The van der Waals surface area contributed by atoms with Crippen LogP contribution in [0, 0.1) is 0 Å². The molecule has 224 valence electrons. The van der Waals surface area contributed by atoms with Crippen molar-refractivity contribution in [2.75, 3.05) is 0 Å². The fourth-order valence-electron chi connectivity index (χ4n) is 6.96. The van der Waals surface area contributed by atoms with Crippen molar-refractivity contribution in [1.82, 2.24) is 15.0 Å². The van der Waals surface area contributed by atoms with E-state index < -0.39 is 0 Å². The van der Waals surface area contributed by atoms with E-state index in [2.05, 4.69) is 132 Å². The monoisotopic (exact) mass is 611 g/mol. The smallest absolute Gasteiger partial charge is 0.0973 e. The summed E-state index contributed by atoms with van der Waals surface area (Å²) in [6.07, 6.45) is 3.79. The predicted octanol–water partition coefficient (Wildman–Crippen LogP) is 11.7. The summed E-state index contributed by atoms with van der Waals surface area (Å²) in [5.74, 6) is 0. The molecule has 0 aliphatic carbocycles. The molecule has 0 N–H and O–H groups in total. The number of aromatic nitrogens is 3. The van der Waals surface area contributed by atoms with E-state index in [1.54, 1.807) is 0 Å². The van der Waals surface area contributed by atoms with Gasteiger partial charge < -0.3 is 0 Å². The molecule has 9 rings (SSSR count). The zero-order valence-corrected chi connectivity index (χ0v) is 26.1. The number of rotatable bonds is 5. The number of para-hydroxylation sites is 2. The van der Waals surface area contributed by atoms with Gasteiger partial charge in [0.25, 0.3) is 0 Å². The van der Waals surface area contributed by atoms with Gasteiger partial charge in [0, 0.05) is 29.1 Å². The standard InChI is InChI=1S/C45H29N3/c1-2-13-30(14-3-1)44-45(48-41-25-9-8-24-40(41)47-44)34-18-11-16-32(28-34)31-15-10-17-33(27-31)42-36-20-4-6-22-38(36)43(35-19-12-26-46-29-35)39-23-7-5-21-37(39)42/h1-29H. The number of hydrogen-bond donors (Lipinski definition) is 0. The predicted molar refractivity (Wildman–Crippen MR) is 200 cm³/mol. The molecule has 7 aromatic carbocycles. The molecule has 0 fully saturated rings. The molecule has 0 bridgehead atoms. The van der Waals surface area contributed by atoms with Crippen molar-refractivity contribution in [3.8, 4) is 55.9 Å². The number of fused-ring (bicyclic) bond motifs is 3. The van der Waals surface area contributed by atoms with Crippen LogP contribution in [0.15, 0.2) is 176 Å². The molecule has 9 aromatic rings. The van der Waals surface area contributed by atoms with E-state index in [0.717, 1.165) is 50.2 Å². The van der Waals surface area contributed by atoms with Crippen LogP contribution < -0.4 is 0 Å². The Hall–Kier alpha value is -6.45. The van der Waals surface area contributed by atoms with Gasteiger partial charge in [-0.2, -0.15) is 0 Å². The first kappa shape index (κ1) is 27.8. The minimum absolute atomic E-state index is 0.876. The molecule has 3 nitrogen and oxygen atoms in total. The minimum Gasteiger partial charge on any atom is -0.264 e. The molecule has 0 aliphatic rings. The zero-order chi connectivity index (χ0) is 31.9. The molecule has 0 saturated carbocycles. The number of nitrogens with zero attached hydrogens (tertiary/aromatic N) is 3. The van der Waals surface area contributed by atoms with Crippen molar-refractivity contribution in [1.29, 1.82) is 0 Å². The molecule has 0 aliphatic heterocycles. The molecule has 2 aromatic heterocycles. The topological polar surface area (TPSA) is 38.7 Å². The Kier molecular flexibility index (Phi) is 6.80. The Morgan fingerprint density at radius 3 is 1.33 bits per heavy atom. The lowest BCUT2D eigenvalue weighted by atomic mass is 9.85. The number of benzene rings is 7. The van der Waals surface area contributed by atoms with E-state index in [9.17, 15) is 0 Å². The highest BCUT2D eigenvalue weighted by molar-refractivity contribution is 6.21. The molecule has 0 amide bonds. The first-order chi connectivity index (χ1) is 23.8. The number of pyridine rings is 1. The summed E-state index contributed by atoms with van der Waals surface area (Å²) in [4.78, 5) is 14.7. The van der Waals surface area contributed by atoms with Crippen LogP contribution in [0.2, 0.25) is 0 Å². The van der Waals surface area contributed by atoms with Crippen molar-refractivity contribution >= 4 is 32.6 Å². The normalized spacial score (nSPS) is 11.3. The summed E-state index contributed by atoms with van der Waals surface area (Å²) in [7, 11) is 0. The fraction of sp³-hybridized carbons (Fsp3) is 0. The minimum atomic E-state index is 0.876. The highest BCUT2D eigenvalue weighted by Gasteiger charge is 2.18. The summed E-state index contributed by atoms with van der Waals surface area (Å²) in [5, 5.41) is 4.88. The maximum absolute atomic E-state index is 5.16. The van der Waals surface area contributed by atoms with Gasteiger partial charge in [0.15, 0.2) is 0 Å². The number of hydrogen-bond acceptors (Lipinski definition) is 3. The fourth-order valence-corrected chi connectivity index (χ4v) is 6.96. The van der Waals surface area contributed by atoms with Crippen LogP contribution in [-0.4, -0.2) is 15.0 Å². The van der Waals surface area contributed by atoms with E-state index in [0.29, 0.717) is 0 Å². The summed E-state index contributed by atoms with van der Waals surface area (Å²) in [6.45, 7) is 0. The molecular weight excluding hydrogens is 583 g/mol. The Morgan fingerprint density at radius 2 is 0.750 bits per heavy atom. The molecule has 2 heterocycles. The third kappa shape index (κ3) is 4.81. The maximum atomic E-state index is 5.16. The van der Waals surface area contributed by atoms with E-state index >= 15 is 0 Å². The lowest BCUT2D eigenvalue weighted by Crippen LogP contribution is -1.95. The first-order valence-electron chi connectivity index (χ1n) is 16.2. The van der Waals surface area contributed by atoms with Crippen molar-refractivity contribution in [3.63, 3.8) is 0 Å². The Bertz CT molecular complexity index is 2550. The van der Waals surface area contributed by atoms with Gasteiger partial charge in [-0.05, 0) is 79.7 Å². The summed E-state index contributed by atoms with van der Waals surface area (Å²) in [5.41, 5.74) is 12.6. The van der Waals surface area contributed by atoms with Crippen molar-refractivity contribution < 1.29 is 0 Å².